The van der Waals surface area contributed by atoms with E-state index in [-0.39, 0.29) is 17.2 Å². The molecule has 2 heterocycles. The van der Waals surface area contributed by atoms with E-state index in [4.69, 9.17) is 4.52 Å². The number of hydrogen-bond acceptors (Lipinski definition) is 5. The molecule has 0 amide bonds. The summed E-state index contributed by atoms with van der Waals surface area (Å²) in [6, 6.07) is 14.5. The minimum absolute atomic E-state index is 0.00272. The Hall–Kier alpha value is -2.93. The molecule has 4 aromatic rings. The number of aromatic hydroxyl groups is 1. The van der Waals surface area contributed by atoms with E-state index >= 15 is 0 Å². The average Bonchev–Trinajstić information content (AvgIpc) is 3.10. The third-order valence-electron chi connectivity index (χ3n) is 4.02. The van der Waals surface area contributed by atoms with Crippen LogP contribution in [-0.4, -0.2) is 19.8 Å². The van der Waals surface area contributed by atoms with E-state index in [9.17, 15) is 9.90 Å². The van der Waals surface area contributed by atoms with Crippen LogP contribution in [0.25, 0.3) is 33.7 Å². The number of nitrogens with zero attached hydrogens (tertiary/aromatic N) is 3. The highest BCUT2D eigenvalue weighted by molar-refractivity contribution is 9.10. The van der Waals surface area contributed by atoms with Gasteiger partial charge in [-0.3, -0.25) is 4.79 Å². The first-order valence-electron chi connectivity index (χ1n) is 7.47. The van der Waals surface area contributed by atoms with Gasteiger partial charge in [-0.05, 0) is 36.4 Å². The molecular weight excluding hydrogens is 386 g/mol. The van der Waals surface area contributed by atoms with Crippen molar-refractivity contribution in [1.82, 2.24) is 14.7 Å². The molecule has 6 nitrogen and oxygen atoms in total. The van der Waals surface area contributed by atoms with Crippen LogP contribution in [0.15, 0.2) is 62.3 Å². The molecule has 0 aliphatic carbocycles. The second kappa shape index (κ2) is 5.86. The Labute approximate surface area is 150 Å². The maximum absolute atomic E-state index is 12.7. The van der Waals surface area contributed by atoms with Gasteiger partial charge in [0.2, 0.25) is 5.82 Å². The number of aryl methyl sites for hydroxylation is 1. The minimum atomic E-state index is -0.401. The van der Waals surface area contributed by atoms with Crippen molar-refractivity contribution in [3.8, 4) is 28.6 Å². The van der Waals surface area contributed by atoms with Crippen LogP contribution in [0.3, 0.4) is 0 Å². The summed E-state index contributed by atoms with van der Waals surface area (Å²) in [7, 11) is 1.64. The highest BCUT2D eigenvalue weighted by atomic mass is 79.9. The number of benzene rings is 2. The molecule has 0 saturated carbocycles. The Morgan fingerprint density at radius 3 is 2.60 bits per heavy atom. The molecule has 2 aromatic heterocycles. The normalized spacial score (nSPS) is 11.1. The largest absolute Gasteiger partial charge is 0.506 e. The van der Waals surface area contributed by atoms with E-state index in [0.717, 1.165) is 10.0 Å². The summed E-state index contributed by atoms with van der Waals surface area (Å²) in [5.41, 5.74) is 0.968. The van der Waals surface area contributed by atoms with Gasteiger partial charge in [-0.25, -0.2) is 0 Å². The summed E-state index contributed by atoms with van der Waals surface area (Å²) in [4.78, 5) is 16.9. The molecule has 2 aromatic carbocycles. The number of pyridine rings is 1. The first kappa shape index (κ1) is 15.6. The summed E-state index contributed by atoms with van der Waals surface area (Å²) in [5.74, 6) is 0.170. The van der Waals surface area contributed by atoms with Crippen molar-refractivity contribution < 1.29 is 9.63 Å². The van der Waals surface area contributed by atoms with E-state index in [1.54, 1.807) is 31.3 Å². The van der Waals surface area contributed by atoms with Crippen molar-refractivity contribution >= 4 is 26.8 Å². The number of aromatic nitrogens is 3. The fraction of sp³-hybridized carbons (Fsp3) is 0.0556. The van der Waals surface area contributed by atoms with E-state index in [2.05, 4.69) is 26.1 Å². The summed E-state index contributed by atoms with van der Waals surface area (Å²) in [6.45, 7) is 0. The van der Waals surface area contributed by atoms with Crippen molar-refractivity contribution in [3.63, 3.8) is 0 Å². The van der Waals surface area contributed by atoms with Crippen LogP contribution in [0.2, 0.25) is 0 Å². The second-order valence-corrected chi connectivity index (χ2v) is 6.45. The topological polar surface area (TPSA) is 81.2 Å². The number of para-hydroxylation sites is 1. The molecule has 0 radical (unpaired) electrons. The molecule has 0 unspecified atom stereocenters. The van der Waals surface area contributed by atoms with E-state index in [0.29, 0.717) is 16.7 Å². The zero-order valence-electron chi connectivity index (χ0n) is 13.1. The van der Waals surface area contributed by atoms with Crippen molar-refractivity contribution in [3.05, 3.63) is 63.4 Å². The fourth-order valence-electron chi connectivity index (χ4n) is 2.71. The van der Waals surface area contributed by atoms with Crippen LogP contribution in [0, 0.1) is 0 Å². The maximum Gasteiger partial charge on any atom is 0.267 e. The molecule has 0 aliphatic heterocycles. The molecule has 7 heteroatoms. The smallest absolute Gasteiger partial charge is 0.267 e. The molecule has 4 rings (SSSR count). The molecule has 1 N–H and O–H groups in total. The van der Waals surface area contributed by atoms with E-state index in [1.165, 1.54) is 4.57 Å². The third-order valence-corrected chi connectivity index (χ3v) is 4.55. The quantitative estimate of drug-likeness (QED) is 0.557. The van der Waals surface area contributed by atoms with Gasteiger partial charge in [0.25, 0.3) is 11.4 Å². The zero-order chi connectivity index (χ0) is 17.6. The molecule has 124 valence electrons. The number of hydrogen-bond donors (Lipinski definition) is 1. The van der Waals surface area contributed by atoms with Gasteiger partial charge in [-0.15, -0.1) is 0 Å². The average molecular weight is 398 g/mol. The molecule has 0 aliphatic rings. The highest BCUT2D eigenvalue weighted by Gasteiger charge is 2.21. The van der Waals surface area contributed by atoms with Crippen LogP contribution in [-0.2, 0) is 7.05 Å². The van der Waals surface area contributed by atoms with Gasteiger partial charge in [0, 0.05) is 22.5 Å². The van der Waals surface area contributed by atoms with Crippen molar-refractivity contribution in [1.29, 1.82) is 0 Å². The first-order valence-corrected chi connectivity index (χ1v) is 8.26. The molecule has 0 atom stereocenters. The standard InChI is InChI=1S/C18H12BrN3O3/c1-22-13-5-3-2-4-12(13)15(23)14(18(22)24)17-20-16(21-25-17)10-6-8-11(19)9-7-10/h2-9,23H,1H3. The third kappa shape index (κ3) is 2.53. The lowest BCUT2D eigenvalue weighted by Gasteiger charge is -2.09. The minimum Gasteiger partial charge on any atom is -0.506 e. The predicted molar refractivity (Wildman–Crippen MR) is 97.3 cm³/mol. The lowest BCUT2D eigenvalue weighted by Crippen LogP contribution is -2.19. The number of fused-ring (bicyclic) bond motifs is 1. The molecule has 25 heavy (non-hydrogen) atoms. The lowest BCUT2D eigenvalue weighted by molar-refractivity contribution is 0.425. The van der Waals surface area contributed by atoms with E-state index in [1.807, 2.05) is 24.3 Å². The summed E-state index contributed by atoms with van der Waals surface area (Å²) in [6.07, 6.45) is 0. The first-order chi connectivity index (χ1) is 12.1. The van der Waals surface area contributed by atoms with Gasteiger partial charge in [0.1, 0.15) is 11.3 Å². The van der Waals surface area contributed by atoms with Gasteiger partial charge in [0.15, 0.2) is 0 Å². The SMILES string of the molecule is Cn1c(=O)c(-c2nc(-c3ccc(Br)cc3)no2)c(O)c2ccccc21. The molecule has 0 spiro atoms. The van der Waals surface area contributed by atoms with Gasteiger partial charge >= 0.3 is 0 Å². The van der Waals surface area contributed by atoms with Crippen LogP contribution in [0.1, 0.15) is 0 Å². The molecule has 0 saturated heterocycles. The van der Waals surface area contributed by atoms with Gasteiger partial charge in [0.05, 0.1) is 5.52 Å². The molecule has 0 bridgehead atoms. The Bertz CT molecular complexity index is 1150. The maximum atomic E-state index is 12.7. The Balaban J connectivity index is 1.91. The van der Waals surface area contributed by atoms with E-state index < -0.39 is 5.56 Å². The number of halogens is 1. The summed E-state index contributed by atoms with van der Waals surface area (Å²) >= 11 is 3.37. The Kier molecular flexibility index (Phi) is 3.65. The Morgan fingerprint density at radius 2 is 1.84 bits per heavy atom. The Morgan fingerprint density at radius 1 is 1.12 bits per heavy atom. The van der Waals surface area contributed by atoms with Crippen molar-refractivity contribution in [2.24, 2.45) is 7.05 Å². The van der Waals surface area contributed by atoms with Crippen LogP contribution < -0.4 is 5.56 Å². The van der Waals surface area contributed by atoms with Gasteiger partial charge in [-0.2, -0.15) is 4.98 Å². The number of rotatable bonds is 2. The predicted octanol–water partition coefficient (Wildman–Crippen LogP) is 3.72. The highest BCUT2D eigenvalue weighted by Crippen LogP contribution is 2.32. The summed E-state index contributed by atoms with van der Waals surface area (Å²) < 4.78 is 7.64. The van der Waals surface area contributed by atoms with Crippen LogP contribution in [0.5, 0.6) is 5.75 Å². The summed E-state index contributed by atoms with van der Waals surface area (Å²) in [5, 5.41) is 15.0. The second-order valence-electron chi connectivity index (χ2n) is 5.53. The van der Waals surface area contributed by atoms with Crippen molar-refractivity contribution in [2.45, 2.75) is 0 Å². The fourth-order valence-corrected chi connectivity index (χ4v) is 2.98. The monoisotopic (exact) mass is 397 g/mol. The zero-order valence-corrected chi connectivity index (χ0v) is 14.7. The lowest BCUT2D eigenvalue weighted by atomic mass is 10.1. The van der Waals surface area contributed by atoms with Crippen molar-refractivity contribution in [2.75, 3.05) is 0 Å². The van der Waals surface area contributed by atoms with Crippen LogP contribution >= 0.6 is 15.9 Å². The molecule has 0 fully saturated rings. The van der Waals surface area contributed by atoms with Crippen LogP contribution in [0.4, 0.5) is 0 Å². The van der Waals surface area contributed by atoms with Gasteiger partial charge < -0.3 is 14.2 Å². The molecular formula is C18H12BrN3O3. The van der Waals surface area contributed by atoms with Gasteiger partial charge in [-0.1, -0.05) is 33.2 Å².